The molecule has 0 saturated heterocycles. The molecule has 3 heteroatoms. The average molecular weight is 215 g/mol. The minimum atomic E-state index is -0.439. The monoisotopic (exact) mass is 215 g/mol. The second-order valence-corrected chi connectivity index (χ2v) is 5.87. The fourth-order valence-corrected chi connectivity index (χ4v) is 2.59. The molecule has 2 nitrogen and oxygen atoms in total. The third kappa shape index (κ3) is 7.27. The number of hydrogen-bond acceptors (Lipinski definition) is 2. The summed E-state index contributed by atoms with van der Waals surface area (Å²) >= 11 is 0. The molecule has 0 heterocycles. The van der Waals surface area contributed by atoms with Crippen LogP contribution in [-0.4, -0.2) is 27.7 Å². The van der Waals surface area contributed by atoms with Crippen molar-refractivity contribution in [3.05, 3.63) is 0 Å². The Morgan fingerprint density at radius 3 is 2.43 bits per heavy atom. The second kappa shape index (κ2) is 8.18. The maximum Gasteiger partial charge on any atom is 0.185 e. The normalized spacial score (nSPS) is 15.7. The van der Waals surface area contributed by atoms with Crippen LogP contribution in [0.1, 0.15) is 47.5 Å². The van der Waals surface area contributed by atoms with E-state index in [1.54, 1.807) is 0 Å². The van der Waals surface area contributed by atoms with Crippen molar-refractivity contribution in [1.82, 2.24) is 0 Å². The lowest BCUT2D eigenvalue weighted by Crippen LogP contribution is -2.18. The number of rotatable bonds is 7. The van der Waals surface area contributed by atoms with Gasteiger partial charge in [-0.3, -0.25) is 4.99 Å². The summed E-state index contributed by atoms with van der Waals surface area (Å²) in [6.45, 7) is 11.7. The van der Waals surface area contributed by atoms with Gasteiger partial charge in [0.05, 0.1) is 5.67 Å². The van der Waals surface area contributed by atoms with Gasteiger partial charge >= 0.3 is 0 Å². The van der Waals surface area contributed by atoms with Crippen LogP contribution in [0, 0.1) is 5.92 Å². The largest absolute Gasteiger partial charge is 0.422 e. The minimum Gasteiger partial charge on any atom is -0.422 e. The fourth-order valence-electron chi connectivity index (χ4n) is 1.46. The first-order chi connectivity index (χ1) is 6.60. The van der Waals surface area contributed by atoms with Gasteiger partial charge in [-0.1, -0.05) is 20.8 Å². The van der Waals surface area contributed by atoms with Gasteiger partial charge in [0.2, 0.25) is 0 Å². The Labute approximate surface area is 91.1 Å². The van der Waals surface area contributed by atoms with Crippen molar-refractivity contribution in [2.45, 2.75) is 53.1 Å². The molecule has 0 N–H and O–H groups in total. The lowest BCUT2D eigenvalue weighted by atomic mass is 10.1. The molecule has 0 bridgehead atoms. The Kier molecular flexibility index (Phi) is 8.09. The van der Waals surface area contributed by atoms with Crippen LogP contribution >= 0.6 is 0 Å². The summed E-state index contributed by atoms with van der Waals surface area (Å²) in [7, 11) is -0.439. The Bertz CT molecular complexity index is 169. The molecule has 0 radical (unpaired) electrons. The highest BCUT2D eigenvalue weighted by molar-refractivity contribution is 6.30. The van der Waals surface area contributed by atoms with Crippen LogP contribution in [-0.2, 0) is 4.43 Å². The van der Waals surface area contributed by atoms with Crippen molar-refractivity contribution < 1.29 is 4.43 Å². The van der Waals surface area contributed by atoms with Gasteiger partial charge in [0.25, 0.3) is 0 Å². The maximum atomic E-state index is 5.52. The first-order valence-corrected chi connectivity index (χ1v) is 7.10. The molecule has 0 amide bonds. The molecular formula is C11H25NOSi. The van der Waals surface area contributed by atoms with E-state index in [4.69, 9.17) is 9.42 Å². The van der Waals surface area contributed by atoms with E-state index in [0.717, 1.165) is 19.4 Å². The first kappa shape index (κ1) is 13.8. The first-order valence-electron chi connectivity index (χ1n) is 5.71. The number of hydrogen-bond donors (Lipinski definition) is 0. The van der Waals surface area contributed by atoms with Gasteiger partial charge in [0.1, 0.15) is 0 Å². The van der Waals surface area contributed by atoms with Crippen LogP contribution in [0.2, 0.25) is 0 Å². The molecule has 0 spiro atoms. The van der Waals surface area contributed by atoms with Crippen molar-refractivity contribution in [2.24, 2.45) is 10.9 Å². The second-order valence-electron chi connectivity index (χ2n) is 4.18. The van der Waals surface area contributed by atoms with E-state index in [1.165, 1.54) is 5.71 Å². The molecule has 84 valence electrons. The number of aliphatic imine (C=N–C) groups is 1. The predicted octanol–water partition coefficient (Wildman–Crippen LogP) is 2.35. The smallest absolute Gasteiger partial charge is 0.185 e. The van der Waals surface area contributed by atoms with Gasteiger partial charge in [-0.2, -0.15) is 0 Å². The molecule has 0 aliphatic carbocycles. The molecule has 14 heavy (non-hydrogen) atoms. The molecule has 0 aromatic carbocycles. The molecule has 0 aromatic rings. The zero-order valence-electron chi connectivity index (χ0n) is 10.3. The molecule has 0 aromatic heterocycles. The molecule has 0 aliphatic heterocycles. The Balaban J connectivity index is 3.98. The van der Waals surface area contributed by atoms with Crippen LogP contribution in [0.25, 0.3) is 0 Å². The van der Waals surface area contributed by atoms with Crippen molar-refractivity contribution >= 4 is 15.5 Å². The van der Waals surface area contributed by atoms with Crippen LogP contribution in [0.4, 0.5) is 0 Å². The third-order valence-electron chi connectivity index (χ3n) is 2.09. The molecule has 0 aliphatic rings. The fraction of sp³-hybridized carbons (Fsp3) is 0.909. The topological polar surface area (TPSA) is 21.6 Å². The summed E-state index contributed by atoms with van der Waals surface area (Å²) in [6, 6.07) is 0. The van der Waals surface area contributed by atoms with Gasteiger partial charge in [-0.25, -0.2) is 0 Å². The quantitative estimate of drug-likeness (QED) is 0.472. The van der Waals surface area contributed by atoms with Crippen LogP contribution < -0.4 is 0 Å². The summed E-state index contributed by atoms with van der Waals surface area (Å²) in [5.41, 5.74) is 1.78. The van der Waals surface area contributed by atoms with E-state index in [9.17, 15) is 0 Å². The van der Waals surface area contributed by atoms with E-state index in [-0.39, 0.29) is 0 Å². The minimum absolute atomic E-state index is 0.439. The zero-order valence-corrected chi connectivity index (χ0v) is 11.8. The van der Waals surface area contributed by atoms with Gasteiger partial charge in [-0.15, -0.1) is 0 Å². The van der Waals surface area contributed by atoms with E-state index in [2.05, 4.69) is 34.6 Å². The van der Waals surface area contributed by atoms with Gasteiger partial charge in [0, 0.05) is 12.3 Å². The molecule has 1 atom stereocenters. The highest BCUT2D eigenvalue weighted by atomic mass is 28.2. The van der Waals surface area contributed by atoms with Crippen LogP contribution in [0.3, 0.4) is 0 Å². The summed E-state index contributed by atoms with van der Waals surface area (Å²) < 4.78 is 5.52. The highest BCUT2D eigenvalue weighted by Gasteiger charge is 2.06. The molecule has 1 unspecified atom stereocenters. The standard InChI is InChI=1S/C11H25NOSi/c1-6-11(14-13-7-2)12-10(5)8-9(3)4/h9,11H,6-8,14H2,1-5H3/b12-10-. The summed E-state index contributed by atoms with van der Waals surface area (Å²) in [5, 5.41) is 0. The summed E-state index contributed by atoms with van der Waals surface area (Å²) in [4.78, 5) is 4.73. The van der Waals surface area contributed by atoms with Crippen molar-refractivity contribution in [1.29, 1.82) is 0 Å². The lowest BCUT2D eigenvalue weighted by Gasteiger charge is -2.11. The van der Waals surface area contributed by atoms with Gasteiger partial charge in [0.15, 0.2) is 9.76 Å². The Morgan fingerprint density at radius 2 is 2.00 bits per heavy atom. The summed E-state index contributed by atoms with van der Waals surface area (Å²) in [5.74, 6) is 0.713. The van der Waals surface area contributed by atoms with Crippen molar-refractivity contribution in [3.8, 4) is 0 Å². The van der Waals surface area contributed by atoms with E-state index in [0.29, 0.717) is 11.6 Å². The highest BCUT2D eigenvalue weighted by Crippen LogP contribution is 2.04. The van der Waals surface area contributed by atoms with Crippen LogP contribution in [0.5, 0.6) is 0 Å². The Morgan fingerprint density at radius 1 is 1.36 bits per heavy atom. The van der Waals surface area contributed by atoms with E-state index >= 15 is 0 Å². The molecule has 0 fully saturated rings. The molecule has 0 rings (SSSR count). The molecule has 0 saturated carbocycles. The van der Waals surface area contributed by atoms with Crippen molar-refractivity contribution in [2.75, 3.05) is 6.61 Å². The van der Waals surface area contributed by atoms with E-state index < -0.39 is 9.76 Å². The number of nitrogens with zero attached hydrogens (tertiary/aromatic N) is 1. The van der Waals surface area contributed by atoms with Gasteiger partial charge in [-0.05, 0) is 32.6 Å². The summed E-state index contributed by atoms with van der Waals surface area (Å²) in [6.07, 6.45) is 2.25. The lowest BCUT2D eigenvalue weighted by molar-refractivity contribution is 0.352. The van der Waals surface area contributed by atoms with Crippen LogP contribution in [0.15, 0.2) is 4.99 Å². The average Bonchev–Trinajstić information content (AvgIpc) is 2.10. The third-order valence-corrected chi connectivity index (χ3v) is 3.88. The molecular weight excluding hydrogens is 190 g/mol. The van der Waals surface area contributed by atoms with Crippen molar-refractivity contribution in [3.63, 3.8) is 0 Å². The SMILES string of the molecule is CCO[SiH2]C(CC)/N=C(/C)CC(C)C. The maximum absolute atomic E-state index is 5.52. The van der Waals surface area contributed by atoms with Gasteiger partial charge < -0.3 is 4.43 Å². The zero-order chi connectivity index (χ0) is 11.0. The Hall–Kier alpha value is -0.153. The van der Waals surface area contributed by atoms with E-state index in [1.807, 2.05) is 0 Å². The predicted molar refractivity (Wildman–Crippen MR) is 66.8 cm³/mol.